The third-order valence-corrected chi connectivity index (χ3v) is 2.28. The van der Waals surface area contributed by atoms with Crippen molar-refractivity contribution in [2.45, 2.75) is 0 Å². The number of benzene rings is 1. The average Bonchev–Trinajstić information content (AvgIpc) is 1.94. The highest BCUT2D eigenvalue weighted by molar-refractivity contribution is 14.1. The highest BCUT2D eigenvalue weighted by atomic mass is 127. The molecule has 10 heavy (non-hydrogen) atoms. The van der Waals surface area contributed by atoms with Gasteiger partial charge in [0.1, 0.15) is 5.75 Å². The lowest BCUT2D eigenvalue weighted by atomic mass is 10.3. The Morgan fingerprint density at radius 1 is 1.60 bits per heavy atom. The first-order valence-corrected chi connectivity index (χ1v) is 4.52. The summed E-state index contributed by atoms with van der Waals surface area (Å²) in [5, 5.41) is 0. The molecule has 0 heterocycles. The van der Waals surface area contributed by atoms with E-state index in [4.69, 9.17) is 4.74 Å². The highest BCUT2D eigenvalue weighted by Crippen LogP contribution is 2.25. The van der Waals surface area contributed by atoms with Gasteiger partial charge in [-0.25, -0.2) is 0 Å². The van der Waals surface area contributed by atoms with E-state index in [2.05, 4.69) is 44.6 Å². The SMILES string of the molecule is COc1[c]c(I)ccc1Br. The summed E-state index contributed by atoms with van der Waals surface area (Å²) in [7, 11) is 1.63. The smallest absolute Gasteiger partial charge is 0.142 e. The van der Waals surface area contributed by atoms with Gasteiger partial charge in [-0.3, -0.25) is 0 Å². The zero-order valence-corrected chi connectivity index (χ0v) is 9.06. The van der Waals surface area contributed by atoms with Crippen LogP contribution in [0.1, 0.15) is 0 Å². The van der Waals surface area contributed by atoms with Crippen molar-refractivity contribution in [3.05, 3.63) is 26.2 Å². The van der Waals surface area contributed by atoms with Crippen LogP contribution in [0.2, 0.25) is 0 Å². The van der Waals surface area contributed by atoms with Crippen molar-refractivity contribution >= 4 is 38.5 Å². The predicted molar refractivity (Wildman–Crippen MR) is 52.2 cm³/mol. The highest BCUT2D eigenvalue weighted by Gasteiger charge is 1.98. The number of methoxy groups -OCH3 is 1. The Morgan fingerprint density at radius 3 is 2.80 bits per heavy atom. The normalized spacial score (nSPS) is 9.50. The Labute approximate surface area is 82.0 Å². The Hall–Kier alpha value is 0.230. The fourth-order valence-corrected chi connectivity index (χ4v) is 1.40. The van der Waals surface area contributed by atoms with Crippen LogP contribution >= 0.6 is 38.5 Å². The molecule has 1 rings (SSSR count). The van der Waals surface area contributed by atoms with Gasteiger partial charge in [-0.1, -0.05) is 0 Å². The molecule has 0 amide bonds. The maximum atomic E-state index is 5.02. The zero-order valence-electron chi connectivity index (χ0n) is 5.32. The fraction of sp³-hybridized carbons (Fsp3) is 0.143. The van der Waals surface area contributed by atoms with Gasteiger partial charge in [0.2, 0.25) is 0 Å². The van der Waals surface area contributed by atoms with Gasteiger partial charge >= 0.3 is 0 Å². The summed E-state index contributed by atoms with van der Waals surface area (Å²) in [5.41, 5.74) is 0. The second kappa shape index (κ2) is 3.57. The van der Waals surface area contributed by atoms with Crippen LogP contribution in [0, 0.1) is 9.64 Å². The summed E-state index contributed by atoms with van der Waals surface area (Å²) in [6, 6.07) is 6.95. The van der Waals surface area contributed by atoms with E-state index in [1.807, 2.05) is 12.1 Å². The van der Waals surface area contributed by atoms with Crippen LogP contribution in [-0.2, 0) is 0 Å². The number of rotatable bonds is 1. The molecule has 3 heteroatoms. The Kier molecular flexibility index (Phi) is 2.97. The second-order valence-corrected chi connectivity index (χ2v) is 3.70. The third-order valence-electron chi connectivity index (χ3n) is 1.03. The molecule has 0 saturated heterocycles. The molecule has 0 aliphatic rings. The van der Waals surface area contributed by atoms with Crippen LogP contribution in [0.4, 0.5) is 0 Å². The number of hydrogen-bond acceptors (Lipinski definition) is 1. The molecule has 0 bridgehead atoms. The van der Waals surface area contributed by atoms with E-state index in [9.17, 15) is 0 Å². The summed E-state index contributed by atoms with van der Waals surface area (Å²) in [4.78, 5) is 0. The van der Waals surface area contributed by atoms with Gasteiger partial charge in [-0.05, 0) is 50.7 Å². The van der Waals surface area contributed by atoms with E-state index in [-0.39, 0.29) is 0 Å². The minimum Gasteiger partial charge on any atom is -0.495 e. The number of ether oxygens (including phenoxy) is 1. The molecule has 1 aromatic carbocycles. The van der Waals surface area contributed by atoms with Crippen molar-refractivity contribution in [1.82, 2.24) is 0 Å². The Balaban J connectivity index is 3.09. The lowest BCUT2D eigenvalue weighted by molar-refractivity contribution is 0.411. The van der Waals surface area contributed by atoms with Gasteiger partial charge in [0, 0.05) is 9.64 Å². The summed E-state index contributed by atoms with van der Waals surface area (Å²) < 4.78 is 7.01. The van der Waals surface area contributed by atoms with E-state index in [1.165, 1.54) is 0 Å². The monoisotopic (exact) mass is 311 g/mol. The summed E-state index contributed by atoms with van der Waals surface area (Å²) in [5.74, 6) is 0.756. The van der Waals surface area contributed by atoms with E-state index >= 15 is 0 Å². The van der Waals surface area contributed by atoms with Crippen molar-refractivity contribution in [2.24, 2.45) is 0 Å². The van der Waals surface area contributed by atoms with Crippen molar-refractivity contribution in [2.75, 3.05) is 7.11 Å². The molecule has 0 N–H and O–H groups in total. The quantitative estimate of drug-likeness (QED) is 0.725. The van der Waals surface area contributed by atoms with Crippen molar-refractivity contribution in [1.29, 1.82) is 0 Å². The van der Waals surface area contributed by atoms with Crippen LogP contribution in [-0.4, -0.2) is 7.11 Å². The molecule has 0 saturated carbocycles. The van der Waals surface area contributed by atoms with Crippen LogP contribution < -0.4 is 4.74 Å². The Morgan fingerprint density at radius 2 is 2.30 bits per heavy atom. The lowest BCUT2D eigenvalue weighted by Gasteiger charge is -2.00. The average molecular weight is 312 g/mol. The largest absolute Gasteiger partial charge is 0.495 e. The molecule has 0 unspecified atom stereocenters. The molecule has 0 aromatic heterocycles. The minimum absolute atomic E-state index is 0.756. The lowest BCUT2D eigenvalue weighted by Crippen LogP contribution is -1.84. The van der Waals surface area contributed by atoms with Gasteiger partial charge in [0.25, 0.3) is 0 Å². The number of halogens is 2. The first-order valence-electron chi connectivity index (χ1n) is 2.65. The topological polar surface area (TPSA) is 9.23 Å². The minimum atomic E-state index is 0.756. The third kappa shape index (κ3) is 1.85. The molecular formula is C7H5BrIO. The fourth-order valence-electron chi connectivity index (χ4n) is 0.580. The molecule has 1 nitrogen and oxygen atoms in total. The molecule has 53 valence electrons. The second-order valence-electron chi connectivity index (χ2n) is 1.69. The van der Waals surface area contributed by atoms with E-state index in [1.54, 1.807) is 7.11 Å². The van der Waals surface area contributed by atoms with Crippen molar-refractivity contribution < 1.29 is 4.74 Å². The van der Waals surface area contributed by atoms with Crippen LogP contribution in [0.5, 0.6) is 5.75 Å². The Bertz CT molecular complexity index is 237. The first kappa shape index (κ1) is 8.33. The molecule has 0 atom stereocenters. The molecule has 0 spiro atoms. The molecule has 1 aromatic rings. The van der Waals surface area contributed by atoms with Crippen molar-refractivity contribution in [3.8, 4) is 5.75 Å². The molecule has 0 fully saturated rings. The van der Waals surface area contributed by atoms with Crippen LogP contribution in [0.3, 0.4) is 0 Å². The molecule has 0 aliphatic heterocycles. The number of hydrogen-bond donors (Lipinski definition) is 0. The van der Waals surface area contributed by atoms with Gasteiger partial charge in [0.05, 0.1) is 11.6 Å². The molecule has 0 aliphatic carbocycles. The summed E-state index contributed by atoms with van der Waals surface area (Å²) in [6.07, 6.45) is 0. The van der Waals surface area contributed by atoms with E-state index < -0.39 is 0 Å². The molecule has 1 radical (unpaired) electrons. The van der Waals surface area contributed by atoms with E-state index in [0.29, 0.717) is 0 Å². The van der Waals surface area contributed by atoms with Gasteiger partial charge in [-0.15, -0.1) is 0 Å². The zero-order chi connectivity index (χ0) is 7.56. The standard InChI is InChI=1S/C7H5BrIO/c1-10-7-4-5(9)2-3-6(7)8/h2-3H,1H3. The predicted octanol–water partition coefficient (Wildman–Crippen LogP) is 2.86. The molecular weight excluding hydrogens is 307 g/mol. The maximum absolute atomic E-state index is 5.02. The summed E-state index contributed by atoms with van der Waals surface area (Å²) in [6.45, 7) is 0. The summed E-state index contributed by atoms with van der Waals surface area (Å²) >= 11 is 5.52. The van der Waals surface area contributed by atoms with Gasteiger partial charge in [-0.2, -0.15) is 0 Å². The first-order chi connectivity index (χ1) is 4.74. The van der Waals surface area contributed by atoms with Gasteiger partial charge in [0.15, 0.2) is 0 Å². The maximum Gasteiger partial charge on any atom is 0.142 e. The van der Waals surface area contributed by atoms with Crippen LogP contribution in [0.25, 0.3) is 0 Å². The van der Waals surface area contributed by atoms with Gasteiger partial charge < -0.3 is 4.74 Å². The van der Waals surface area contributed by atoms with Crippen molar-refractivity contribution in [3.63, 3.8) is 0 Å². The van der Waals surface area contributed by atoms with E-state index in [0.717, 1.165) is 13.8 Å². The van der Waals surface area contributed by atoms with Crippen LogP contribution in [0.15, 0.2) is 16.6 Å².